The Bertz CT molecular complexity index is 33.2. The van der Waals surface area contributed by atoms with E-state index in [0.717, 1.165) is 30.7 Å². The molecule has 49 valence electrons. The molecule has 1 nitrogen and oxygen atoms in total. The molecular weight excluding hydrogens is 311 g/mol. The number of rotatable bonds is 2. The maximum atomic E-state index is 3.25. The molecule has 0 saturated heterocycles. The summed E-state index contributed by atoms with van der Waals surface area (Å²) in [7, 11) is 0. The van der Waals surface area contributed by atoms with Crippen LogP contribution in [0.15, 0.2) is 0 Å². The van der Waals surface area contributed by atoms with Crippen molar-refractivity contribution in [1.82, 2.24) is 3.30 Å². The number of nitrogens with one attached hydrogen (secondary N) is 1. The quantitative estimate of drug-likeness (QED) is 0.502. The van der Waals surface area contributed by atoms with Crippen LogP contribution in [0.3, 0.4) is 0 Å². The fraction of sp³-hybridized carbons (Fsp3) is 1.00. The Labute approximate surface area is 78.8 Å². The van der Waals surface area contributed by atoms with Crippen molar-refractivity contribution in [2.24, 2.45) is 0 Å². The van der Waals surface area contributed by atoms with Gasteiger partial charge in [-0.15, -0.1) is 0 Å². The van der Waals surface area contributed by atoms with Gasteiger partial charge in [0.25, 0.3) is 0 Å². The van der Waals surface area contributed by atoms with Crippen LogP contribution in [0.2, 0.25) is 0 Å². The molecule has 0 radical (unpaired) electrons. The third-order valence-corrected chi connectivity index (χ3v) is 2.63. The van der Waals surface area contributed by atoms with Crippen LogP contribution in [0.4, 0.5) is 0 Å². The maximum Gasteiger partial charge on any atom is -1.00 e. The molecule has 1 atom stereocenters. The zero-order chi connectivity index (χ0) is 4.99. The predicted octanol–water partition coefficient (Wildman–Crippen LogP) is -5.16. The summed E-state index contributed by atoms with van der Waals surface area (Å²) in [6.07, 6.45) is 1.25. The molecule has 0 fully saturated rings. The SMILES string of the molecule is CCC(C)[NH][Hf+2].[Cl-].[Cl-]. The molecule has 1 N–H and O–H groups in total. The second kappa shape index (κ2) is 11.2. The summed E-state index contributed by atoms with van der Waals surface area (Å²) in [4.78, 5) is 0. The first kappa shape index (κ1) is 16.2. The molecule has 0 bridgehead atoms. The van der Waals surface area contributed by atoms with Crippen molar-refractivity contribution in [3.05, 3.63) is 0 Å². The van der Waals surface area contributed by atoms with E-state index in [9.17, 15) is 0 Å². The van der Waals surface area contributed by atoms with E-state index in [4.69, 9.17) is 0 Å². The van der Waals surface area contributed by atoms with E-state index in [-0.39, 0.29) is 24.8 Å². The van der Waals surface area contributed by atoms with Crippen molar-refractivity contribution < 1.29 is 49.5 Å². The van der Waals surface area contributed by atoms with Crippen molar-refractivity contribution in [2.45, 2.75) is 26.3 Å². The summed E-state index contributed by atoms with van der Waals surface area (Å²) in [6, 6.07) is 0.747. The summed E-state index contributed by atoms with van der Waals surface area (Å²) < 4.78 is 3.25. The van der Waals surface area contributed by atoms with Crippen LogP contribution in [0.1, 0.15) is 20.3 Å². The Morgan fingerprint density at radius 2 is 1.88 bits per heavy atom. The molecule has 0 amide bonds. The molecule has 0 aliphatic rings. The number of hydrogen-bond acceptors (Lipinski definition) is 1. The summed E-state index contributed by atoms with van der Waals surface area (Å²) in [5, 5.41) is 0. The molecule has 0 aromatic rings. The third-order valence-electron chi connectivity index (χ3n) is 0.859. The van der Waals surface area contributed by atoms with Crippen LogP contribution in [0.5, 0.6) is 0 Å². The molecule has 0 aliphatic heterocycles. The van der Waals surface area contributed by atoms with Gasteiger partial charge in [0.1, 0.15) is 0 Å². The first-order valence-corrected chi connectivity index (χ1v) is 4.03. The van der Waals surface area contributed by atoms with E-state index in [1.54, 1.807) is 0 Å². The minimum absolute atomic E-state index is 0. The molecule has 0 aromatic carbocycles. The largest absolute Gasteiger partial charge is 1.00 e. The van der Waals surface area contributed by atoms with E-state index in [1.165, 1.54) is 6.42 Å². The monoisotopic (exact) mass is 322 g/mol. The van der Waals surface area contributed by atoms with Gasteiger partial charge >= 0.3 is 54.3 Å². The van der Waals surface area contributed by atoms with Gasteiger partial charge in [-0.25, -0.2) is 0 Å². The Hall–Kier alpha value is 1.41. The summed E-state index contributed by atoms with van der Waals surface area (Å²) >= 11 is 1.13. The van der Waals surface area contributed by atoms with Crippen molar-refractivity contribution in [1.29, 1.82) is 0 Å². The molecule has 1 unspecified atom stereocenters. The zero-order valence-corrected chi connectivity index (χ0v) is 10.1. The van der Waals surface area contributed by atoms with Crippen LogP contribution in [0, 0.1) is 0 Å². The minimum Gasteiger partial charge on any atom is -1.00 e. The summed E-state index contributed by atoms with van der Waals surface area (Å²) in [5.74, 6) is 0. The summed E-state index contributed by atoms with van der Waals surface area (Å²) in [6.45, 7) is 4.39. The first-order chi connectivity index (χ1) is 2.81. The Morgan fingerprint density at radius 3 is 1.88 bits per heavy atom. The number of hydrogen-bond donors (Lipinski definition) is 1. The van der Waals surface area contributed by atoms with E-state index in [2.05, 4.69) is 17.2 Å². The van der Waals surface area contributed by atoms with Crippen LogP contribution >= 0.6 is 0 Å². The minimum atomic E-state index is 0. The Morgan fingerprint density at radius 1 is 1.50 bits per heavy atom. The molecule has 0 aromatic heterocycles. The first-order valence-electron chi connectivity index (χ1n) is 2.23. The van der Waals surface area contributed by atoms with Gasteiger partial charge in [-0.05, 0) is 0 Å². The summed E-state index contributed by atoms with van der Waals surface area (Å²) in [5.41, 5.74) is 0. The maximum absolute atomic E-state index is 3.25. The normalized spacial score (nSPS) is 11.0. The number of halogens is 2. The molecule has 0 heterocycles. The average Bonchev–Trinajstić information content (AvgIpc) is 1.65. The smallest absolute Gasteiger partial charge is 1.00 e. The molecule has 0 spiro atoms. The molecular formula is C4H10Cl2HfN. The molecule has 8 heavy (non-hydrogen) atoms. The second-order valence-corrected chi connectivity index (χ2v) is 2.49. The Balaban J connectivity index is -0.000000125. The fourth-order valence-corrected chi connectivity index (χ4v) is 0.835. The van der Waals surface area contributed by atoms with E-state index in [0.29, 0.717) is 0 Å². The third kappa shape index (κ3) is 10.4. The Kier molecular flexibility index (Phi) is 22.8. The van der Waals surface area contributed by atoms with Gasteiger partial charge in [0, 0.05) is 0 Å². The molecule has 4 heteroatoms. The molecule has 0 aliphatic carbocycles. The van der Waals surface area contributed by atoms with E-state index in [1.807, 2.05) is 0 Å². The van der Waals surface area contributed by atoms with Gasteiger partial charge in [0.05, 0.1) is 0 Å². The fourth-order valence-electron chi connectivity index (χ4n) is 0.102. The van der Waals surface area contributed by atoms with Crippen molar-refractivity contribution >= 4 is 0 Å². The van der Waals surface area contributed by atoms with Gasteiger partial charge in [-0.1, -0.05) is 0 Å². The van der Waals surface area contributed by atoms with Crippen molar-refractivity contribution in [2.75, 3.05) is 0 Å². The van der Waals surface area contributed by atoms with Crippen molar-refractivity contribution in [3.8, 4) is 0 Å². The zero-order valence-electron chi connectivity index (χ0n) is 5.04. The van der Waals surface area contributed by atoms with Crippen molar-refractivity contribution in [3.63, 3.8) is 0 Å². The van der Waals surface area contributed by atoms with Crippen LogP contribution in [-0.2, 0) is 24.7 Å². The predicted molar refractivity (Wildman–Crippen MR) is 22.9 cm³/mol. The molecule has 0 rings (SSSR count). The van der Waals surface area contributed by atoms with E-state index >= 15 is 0 Å². The van der Waals surface area contributed by atoms with Crippen LogP contribution < -0.4 is 28.1 Å². The van der Waals surface area contributed by atoms with Crippen LogP contribution in [0.25, 0.3) is 0 Å². The average molecular weight is 322 g/mol. The standard InChI is InChI=1S/C4H10N.2ClH.Hf/c1-3-4(2)5;;;/h4-5H,3H2,1-2H3;2*1H;/q-1;;;+3/p-2. The van der Waals surface area contributed by atoms with Gasteiger partial charge in [-0.2, -0.15) is 0 Å². The molecule has 0 saturated carbocycles. The van der Waals surface area contributed by atoms with Crippen LogP contribution in [-0.4, -0.2) is 6.04 Å². The van der Waals surface area contributed by atoms with Gasteiger partial charge in [0.2, 0.25) is 0 Å². The van der Waals surface area contributed by atoms with Gasteiger partial charge in [-0.3, -0.25) is 0 Å². The van der Waals surface area contributed by atoms with E-state index < -0.39 is 0 Å². The van der Waals surface area contributed by atoms with Gasteiger partial charge in [0.15, 0.2) is 0 Å². The second-order valence-electron chi connectivity index (χ2n) is 1.45. The van der Waals surface area contributed by atoms with Gasteiger partial charge < -0.3 is 24.8 Å². The topological polar surface area (TPSA) is 12.0 Å².